The minimum atomic E-state index is -0.780. The maximum atomic E-state index is 10.5. The van der Waals surface area contributed by atoms with E-state index < -0.39 is 5.97 Å². The Morgan fingerprint density at radius 1 is 1.44 bits per heavy atom. The van der Waals surface area contributed by atoms with Crippen molar-refractivity contribution in [2.24, 2.45) is 11.7 Å². The molecule has 3 nitrogen and oxygen atoms in total. The van der Waals surface area contributed by atoms with Crippen LogP contribution in [-0.2, 0) is 11.2 Å². The molecule has 0 fully saturated rings. The quantitative estimate of drug-likeness (QED) is 0.804. The molecule has 1 unspecified atom stereocenters. The second kappa shape index (κ2) is 6.51. The molecule has 1 aromatic rings. The van der Waals surface area contributed by atoms with Crippen LogP contribution in [0.1, 0.15) is 18.4 Å². The molecule has 1 rings (SSSR count). The number of carboxylic acids is 1. The molecule has 0 heterocycles. The Morgan fingerprint density at radius 2 is 2.12 bits per heavy atom. The standard InChI is InChI=1S/C12H16ClNO2/c13-11-4-2-1-3-10(11)7-9(8-14)5-6-12(15)16/h1-4,9H,5-8,14H2,(H,15,16). The second-order valence-corrected chi connectivity index (χ2v) is 4.24. The Balaban J connectivity index is 2.56. The Bertz CT molecular complexity index is 355. The van der Waals surface area contributed by atoms with Gasteiger partial charge in [-0.2, -0.15) is 0 Å². The molecule has 0 spiro atoms. The van der Waals surface area contributed by atoms with Gasteiger partial charge in [0.15, 0.2) is 0 Å². The first-order chi connectivity index (χ1) is 7.63. The molecule has 0 saturated carbocycles. The number of halogens is 1. The summed E-state index contributed by atoms with van der Waals surface area (Å²) in [4.78, 5) is 10.5. The van der Waals surface area contributed by atoms with Gasteiger partial charge in [-0.15, -0.1) is 0 Å². The lowest BCUT2D eigenvalue weighted by atomic mass is 9.95. The molecule has 3 N–H and O–H groups in total. The average Bonchev–Trinajstić information content (AvgIpc) is 2.26. The zero-order valence-corrected chi connectivity index (χ0v) is 9.78. The summed E-state index contributed by atoms with van der Waals surface area (Å²) >= 11 is 6.03. The summed E-state index contributed by atoms with van der Waals surface area (Å²) in [6.45, 7) is 0.485. The van der Waals surface area contributed by atoms with Gasteiger partial charge in [0.25, 0.3) is 0 Å². The number of rotatable bonds is 6. The first kappa shape index (κ1) is 13.0. The molecule has 0 aromatic heterocycles. The van der Waals surface area contributed by atoms with E-state index in [0.29, 0.717) is 13.0 Å². The molecule has 0 saturated heterocycles. The van der Waals surface area contributed by atoms with Crippen LogP contribution in [0.15, 0.2) is 24.3 Å². The minimum Gasteiger partial charge on any atom is -0.481 e. The molecule has 1 atom stereocenters. The van der Waals surface area contributed by atoms with E-state index in [9.17, 15) is 4.79 Å². The van der Waals surface area contributed by atoms with Gasteiger partial charge in [0, 0.05) is 11.4 Å². The molecule has 4 heteroatoms. The third-order valence-electron chi connectivity index (χ3n) is 2.57. The van der Waals surface area contributed by atoms with Crippen LogP contribution in [0, 0.1) is 5.92 Å². The summed E-state index contributed by atoms with van der Waals surface area (Å²) in [6, 6.07) is 7.58. The Labute approximate surface area is 100 Å². The molecule has 0 radical (unpaired) electrons. The van der Waals surface area contributed by atoms with E-state index in [0.717, 1.165) is 17.0 Å². The normalized spacial score (nSPS) is 12.4. The van der Waals surface area contributed by atoms with Crippen LogP contribution in [-0.4, -0.2) is 17.6 Å². The van der Waals surface area contributed by atoms with E-state index in [4.69, 9.17) is 22.4 Å². The fraction of sp³-hybridized carbons (Fsp3) is 0.417. The highest BCUT2D eigenvalue weighted by Crippen LogP contribution is 2.20. The van der Waals surface area contributed by atoms with Crippen LogP contribution in [0.3, 0.4) is 0 Å². The highest BCUT2D eigenvalue weighted by Gasteiger charge is 2.11. The molecule has 0 bridgehead atoms. The fourth-order valence-corrected chi connectivity index (χ4v) is 1.82. The van der Waals surface area contributed by atoms with Crippen molar-refractivity contribution in [1.29, 1.82) is 0 Å². The summed E-state index contributed by atoms with van der Waals surface area (Å²) < 4.78 is 0. The lowest BCUT2D eigenvalue weighted by molar-refractivity contribution is -0.137. The zero-order valence-electron chi connectivity index (χ0n) is 9.03. The molecule has 88 valence electrons. The van der Waals surface area contributed by atoms with Crippen molar-refractivity contribution in [3.05, 3.63) is 34.9 Å². The maximum absolute atomic E-state index is 10.5. The third kappa shape index (κ3) is 4.21. The first-order valence-corrected chi connectivity index (χ1v) is 5.66. The monoisotopic (exact) mass is 241 g/mol. The van der Waals surface area contributed by atoms with Gasteiger partial charge in [0.05, 0.1) is 0 Å². The number of hydrogen-bond acceptors (Lipinski definition) is 2. The summed E-state index contributed by atoms with van der Waals surface area (Å²) in [5.74, 6) is -0.603. The van der Waals surface area contributed by atoms with Gasteiger partial charge < -0.3 is 10.8 Å². The largest absolute Gasteiger partial charge is 0.481 e. The summed E-state index contributed by atoms with van der Waals surface area (Å²) in [7, 11) is 0. The molecule has 0 aliphatic rings. The van der Waals surface area contributed by atoms with Crippen LogP contribution in [0.4, 0.5) is 0 Å². The van der Waals surface area contributed by atoms with Gasteiger partial charge in [-0.1, -0.05) is 29.8 Å². The summed E-state index contributed by atoms with van der Waals surface area (Å²) in [5, 5.41) is 9.33. The first-order valence-electron chi connectivity index (χ1n) is 5.28. The zero-order chi connectivity index (χ0) is 12.0. The number of aliphatic carboxylic acids is 1. The maximum Gasteiger partial charge on any atom is 0.303 e. The van der Waals surface area contributed by atoms with Crippen molar-refractivity contribution in [2.75, 3.05) is 6.54 Å². The van der Waals surface area contributed by atoms with Crippen LogP contribution in [0.2, 0.25) is 5.02 Å². The molecule has 16 heavy (non-hydrogen) atoms. The molecule has 1 aromatic carbocycles. The van der Waals surface area contributed by atoms with Crippen molar-refractivity contribution >= 4 is 17.6 Å². The highest BCUT2D eigenvalue weighted by atomic mass is 35.5. The van der Waals surface area contributed by atoms with Crippen molar-refractivity contribution in [3.63, 3.8) is 0 Å². The SMILES string of the molecule is NCC(CCC(=O)O)Cc1ccccc1Cl. The Hall–Kier alpha value is -1.06. The number of carboxylic acid groups (broad SMARTS) is 1. The van der Waals surface area contributed by atoms with Gasteiger partial charge in [-0.3, -0.25) is 4.79 Å². The van der Waals surface area contributed by atoms with E-state index in [2.05, 4.69) is 0 Å². The minimum absolute atomic E-state index is 0.159. The molecule has 0 aliphatic carbocycles. The Kier molecular flexibility index (Phi) is 5.29. The molecular weight excluding hydrogens is 226 g/mol. The van der Waals surface area contributed by atoms with Crippen LogP contribution in [0.5, 0.6) is 0 Å². The number of benzene rings is 1. The van der Waals surface area contributed by atoms with Gasteiger partial charge in [-0.05, 0) is 36.9 Å². The number of hydrogen-bond donors (Lipinski definition) is 2. The van der Waals surface area contributed by atoms with Gasteiger partial charge in [0.2, 0.25) is 0 Å². The highest BCUT2D eigenvalue weighted by molar-refractivity contribution is 6.31. The topological polar surface area (TPSA) is 63.3 Å². The predicted octanol–water partition coefficient (Wildman–Crippen LogP) is 2.32. The van der Waals surface area contributed by atoms with E-state index >= 15 is 0 Å². The van der Waals surface area contributed by atoms with Gasteiger partial charge in [-0.25, -0.2) is 0 Å². The Morgan fingerprint density at radius 3 is 2.69 bits per heavy atom. The smallest absolute Gasteiger partial charge is 0.303 e. The van der Waals surface area contributed by atoms with Gasteiger partial charge >= 0.3 is 5.97 Å². The van der Waals surface area contributed by atoms with E-state index in [1.165, 1.54) is 0 Å². The van der Waals surface area contributed by atoms with Crippen molar-refractivity contribution < 1.29 is 9.90 Å². The lowest BCUT2D eigenvalue weighted by Crippen LogP contribution is -2.18. The fourth-order valence-electron chi connectivity index (χ4n) is 1.61. The molecule has 0 aliphatic heterocycles. The van der Waals surface area contributed by atoms with Crippen LogP contribution >= 0.6 is 11.6 Å². The van der Waals surface area contributed by atoms with Gasteiger partial charge in [0.1, 0.15) is 0 Å². The molecular formula is C12H16ClNO2. The summed E-state index contributed by atoms with van der Waals surface area (Å²) in [6.07, 6.45) is 1.49. The lowest BCUT2D eigenvalue weighted by Gasteiger charge is -2.14. The predicted molar refractivity (Wildman–Crippen MR) is 64.6 cm³/mol. The van der Waals surface area contributed by atoms with Crippen molar-refractivity contribution in [2.45, 2.75) is 19.3 Å². The number of carbonyl (C=O) groups is 1. The third-order valence-corrected chi connectivity index (χ3v) is 2.93. The van der Waals surface area contributed by atoms with E-state index in [1.54, 1.807) is 0 Å². The summed E-state index contributed by atoms with van der Waals surface area (Å²) in [5.41, 5.74) is 6.65. The van der Waals surface area contributed by atoms with Crippen LogP contribution in [0.25, 0.3) is 0 Å². The van der Waals surface area contributed by atoms with E-state index in [1.807, 2.05) is 24.3 Å². The second-order valence-electron chi connectivity index (χ2n) is 3.83. The number of nitrogens with two attached hydrogens (primary N) is 1. The van der Waals surface area contributed by atoms with Crippen molar-refractivity contribution in [1.82, 2.24) is 0 Å². The van der Waals surface area contributed by atoms with E-state index in [-0.39, 0.29) is 12.3 Å². The average molecular weight is 242 g/mol. The van der Waals surface area contributed by atoms with Crippen LogP contribution < -0.4 is 5.73 Å². The molecule has 0 amide bonds. The van der Waals surface area contributed by atoms with Crippen molar-refractivity contribution in [3.8, 4) is 0 Å².